The molecule has 0 aromatic heterocycles. The normalized spacial score (nSPS) is 44.2. The highest BCUT2D eigenvalue weighted by Gasteiger charge is 2.53. The van der Waals surface area contributed by atoms with E-state index in [1.54, 1.807) is 0 Å². The van der Waals surface area contributed by atoms with Crippen molar-refractivity contribution in [3.05, 3.63) is 17.5 Å². The van der Waals surface area contributed by atoms with Gasteiger partial charge < -0.3 is 31.0 Å². The lowest BCUT2D eigenvalue weighted by Crippen LogP contribution is -2.56. The van der Waals surface area contributed by atoms with E-state index in [1.165, 1.54) is 0 Å². The molecule has 0 bridgehead atoms. The largest absolute Gasteiger partial charge is 0.617 e. The van der Waals surface area contributed by atoms with Crippen molar-refractivity contribution in [3.63, 3.8) is 0 Å². The first-order chi connectivity index (χ1) is 8.40. The van der Waals surface area contributed by atoms with Crippen LogP contribution >= 0.6 is 0 Å². The summed E-state index contributed by atoms with van der Waals surface area (Å²) in [6.07, 6.45) is -3.78. The Morgan fingerprint density at radius 2 is 2.17 bits per heavy atom. The number of carbonyl (C=O) groups excluding carboxylic acids is 1. The van der Waals surface area contributed by atoms with Crippen molar-refractivity contribution in [1.29, 1.82) is 0 Å². The molecule has 9 heteroatoms. The number of quaternary nitrogens is 1. The van der Waals surface area contributed by atoms with Crippen LogP contribution in [0.4, 0.5) is 4.79 Å². The minimum Gasteiger partial charge on any atom is -0.617 e. The number of carbonyl (C=O) groups is 1. The summed E-state index contributed by atoms with van der Waals surface area (Å²) in [4.78, 5) is 14.9. The molecule has 2 amide bonds. The van der Waals surface area contributed by atoms with Crippen LogP contribution in [0.25, 0.3) is 0 Å². The van der Waals surface area contributed by atoms with Crippen molar-refractivity contribution >= 4 is 11.9 Å². The third-order valence-corrected chi connectivity index (χ3v) is 2.89. The number of amidine groups is 1. The van der Waals surface area contributed by atoms with Gasteiger partial charge in [0.1, 0.15) is 24.2 Å². The zero-order valence-electron chi connectivity index (χ0n) is 9.21. The Labute approximate surface area is 102 Å². The number of hydrogen-bond donors (Lipinski definition) is 4. The van der Waals surface area contributed by atoms with Crippen molar-refractivity contribution in [2.45, 2.75) is 24.5 Å². The molecular formula is C9H13N3O6. The lowest BCUT2D eigenvalue weighted by atomic mass is 10.1. The Bertz CT molecular complexity index is 425. The van der Waals surface area contributed by atoms with E-state index >= 15 is 0 Å². The number of urea groups is 1. The van der Waals surface area contributed by atoms with Crippen LogP contribution in [0.2, 0.25) is 0 Å². The molecule has 2 aliphatic rings. The summed E-state index contributed by atoms with van der Waals surface area (Å²) in [5.74, 6) is -0.128. The van der Waals surface area contributed by atoms with Crippen LogP contribution in [0, 0.1) is 5.21 Å². The number of nitrogens with two attached hydrogens (primary N) is 1. The highest BCUT2D eigenvalue weighted by molar-refractivity contribution is 5.99. The third kappa shape index (κ3) is 1.82. The Hall–Kier alpha value is -1.36. The van der Waals surface area contributed by atoms with E-state index < -0.39 is 41.8 Å². The maximum Gasteiger partial charge on any atom is 0.451 e. The first-order valence-corrected chi connectivity index (χ1v) is 5.20. The predicted octanol–water partition coefficient (Wildman–Crippen LogP) is -2.26. The fourth-order valence-corrected chi connectivity index (χ4v) is 1.87. The van der Waals surface area contributed by atoms with Crippen LogP contribution in [0.3, 0.4) is 0 Å². The van der Waals surface area contributed by atoms with Gasteiger partial charge in [0.15, 0.2) is 6.10 Å². The monoisotopic (exact) mass is 259 g/mol. The first kappa shape index (κ1) is 13.1. The molecule has 0 spiro atoms. The lowest BCUT2D eigenvalue weighted by molar-refractivity contribution is -0.806. The minimum absolute atomic E-state index is 0.128. The number of aliphatic imine (C=N–C) groups is 1. The lowest BCUT2D eigenvalue weighted by Gasteiger charge is -2.40. The molecule has 1 saturated heterocycles. The quantitative estimate of drug-likeness (QED) is 0.323. The van der Waals surface area contributed by atoms with E-state index in [4.69, 9.17) is 15.6 Å². The molecule has 2 aliphatic heterocycles. The van der Waals surface area contributed by atoms with Crippen LogP contribution in [0.1, 0.15) is 0 Å². The summed E-state index contributed by atoms with van der Waals surface area (Å²) in [7, 11) is 0. The van der Waals surface area contributed by atoms with Crippen LogP contribution < -0.4 is 5.73 Å². The fraction of sp³-hybridized carbons (Fsp3) is 0.556. The van der Waals surface area contributed by atoms with Crippen molar-refractivity contribution < 1.29 is 29.5 Å². The second kappa shape index (κ2) is 4.39. The molecule has 5 N–H and O–H groups in total. The van der Waals surface area contributed by atoms with Crippen LogP contribution in [-0.4, -0.2) is 63.0 Å². The molecule has 9 nitrogen and oxygen atoms in total. The van der Waals surface area contributed by atoms with E-state index in [0.717, 1.165) is 12.3 Å². The van der Waals surface area contributed by atoms with Gasteiger partial charge in [0.2, 0.25) is 6.23 Å². The minimum atomic E-state index is -1.71. The van der Waals surface area contributed by atoms with E-state index in [2.05, 4.69) is 4.99 Å². The summed E-state index contributed by atoms with van der Waals surface area (Å²) in [5, 5.41) is 40.4. The van der Waals surface area contributed by atoms with Crippen LogP contribution in [0.5, 0.6) is 0 Å². The third-order valence-electron chi connectivity index (χ3n) is 2.89. The molecule has 5 atom stereocenters. The number of amides is 2. The van der Waals surface area contributed by atoms with E-state index in [0.29, 0.717) is 0 Å². The molecule has 0 aromatic rings. The molecular weight excluding hydrogens is 246 g/mol. The van der Waals surface area contributed by atoms with E-state index in [9.17, 15) is 20.2 Å². The van der Waals surface area contributed by atoms with Crippen LogP contribution in [-0.2, 0) is 4.74 Å². The zero-order chi connectivity index (χ0) is 13.5. The standard InChI is InChI=1S/C9H13N3O6/c10-5-1-2-12(17,9(16)11-5)8-7(15)6(14)4(3-13)18-8/h1-2,4,6-8,13-15H,3H2,(H2,10,11,16)/t4-,6-,7-,8-,12?/m1/s1. The highest BCUT2D eigenvalue weighted by atomic mass is 16.7. The van der Waals surface area contributed by atoms with Gasteiger partial charge in [-0.2, -0.15) is 0 Å². The first-order valence-electron chi connectivity index (χ1n) is 5.20. The fourth-order valence-electron chi connectivity index (χ4n) is 1.87. The summed E-state index contributed by atoms with van der Waals surface area (Å²) < 4.78 is 3.30. The Morgan fingerprint density at radius 3 is 2.67 bits per heavy atom. The van der Waals surface area contributed by atoms with Gasteiger partial charge >= 0.3 is 6.03 Å². The number of aliphatic hydroxyl groups is 3. The Kier molecular flexibility index (Phi) is 3.19. The van der Waals surface area contributed by atoms with Gasteiger partial charge in [-0.05, 0) is 0 Å². The van der Waals surface area contributed by atoms with Crippen LogP contribution in [0.15, 0.2) is 17.3 Å². The predicted molar refractivity (Wildman–Crippen MR) is 57.5 cm³/mol. The maximum absolute atomic E-state index is 12.3. The van der Waals surface area contributed by atoms with E-state index in [1.807, 2.05) is 0 Å². The SMILES string of the molecule is NC1=NC(=O)[N+]([O-])([C@@H]2O[C@H](CO)[C@@H](O)[C@H]2O)C=C1. The molecule has 2 heterocycles. The molecule has 100 valence electrons. The number of ether oxygens (including phenoxy) is 1. The number of hydroxylamine groups is 3. The summed E-state index contributed by atoms with van der Waals surface area (Å²) >= 11 is 0. The topological polar surface area (TPSA) is 148 Å². The molecule has 1 unspecified atom stereocenters. The summed E-state index contributed by atoms with van der Waals surface area (Å²) in [6, 6.07) is -1.16. The number of nitrogens with zero attached hydrogens (tertiary/aromatic N) is 2. The smallest absolute Gasteiger partial charge is 0.451 e. The van der Waals surface area contributed by atoms with Crippen molar-refractivity contribution in [2.75, 3.05) is 6.61 Å². The summed E-state index contributed by atoms with van der Waals surface area (Å²) in [6.45, 7) is -0.585. The van der Waals surface area contributed by atoms with Gasteiger partial charge in [0.25, 0.3) is 0 Å². The average Bonchev–Trinajstić information content (AvgIpc) is 2.62. The Morgan fingerprint density at radius 1 is 1.50 bits per heavy atom. The summed E-state index contributed by atoms with van der Waals surface area (Å²) in [5.41, 5.74) is 5.26. The highest BCUT2D eigenvalue weighted by Crippen LogP contribution is 2.31. The van der Waals surface area contributed by atoms with Crippen molar-refractivity contribution in [3.8, 4) is 0 Å². The second-order valence-electron chi connectivity index (χ2n) is 4.07. The van der Waals surface area contributed by atoms with Gasteiger partial charge in [0.05, 0.1) is 6.61 Å². The Balaban J connectivity index is 2.27. The van der Waals surface area contributed by atoms with E-state index in [-0.39, 0.29) is 5.84 Å². The maximum atomic E-state index is 12.3. The zero-order valence-corrected chi connectivity index (χ0v) is 9.21. The number of hydrogen-bond acceptors (Lipinski definition) is 7. The molecule has 0 radical (unpaired) electrons. The molecule has 1 fully saturated rings. The molecule has 2 rings (SSSR count). The average molecular weight is 259 g/mol. The molecule has 18 heavy (non-hydrogen) atoms. The number of aliphatic hydroxyl groups excluding tert-OH is 3. The second-order valence-corrected chi connectivity index (χ2v) is 4.07. The van der Waals surface area contributed by atoms with Gasteiger partial charge in [-0.1, -0.05) is 0 Å². The molecule has 0 aliphatic carbocycles. The van der Waals surface area contributed by atoms with Gasteiger partial charge in [0, 0.05) is 6.08 Å². The number of rotatable bonds is 2. The molecule has 0 saturated carbocycles. The van der Waals surface area contributed by atoms with Gasteiger partial charge in [-0.25, -0.2) is 9.44 Å². The van der Waals surface area contributed by atoms with Crippen molar-refractivity contribution in [1.82, 2.24) is 0 Å². The van der Waals surface area contributed by atoms with Crippen molar-refractivity contribution in [2.24, 2.45) is 10.7 Å². The molecule has 0 aromatic carbocycles. The van der Waals surface area contributed by atoms with Gasteiger partial charge in [-0.15, -0.1) is 4.99 Å². The van der Waals surface area contributed by atoms with Gasteiger partial charge in [-0.3, -0.25) is 0 Å².